The van der Waals surface area contributed by atoms with E-state index < -0.39 is 0 Å². The maximum atomic E-state index is 12.1. The molecule has 1 saturated heterocycles. The lowest BCUT2D eigenvalue weighted by Crippen LogP contribution is -2.51. The van der Waals surface area contributed by atoms with Crippen molar-refractivity contribution < 1.29 is 14.6 Å². The zero-order valence-corrected chi connectivity index (χ0v) is 13.5. The van der Waals surface area contributed by atoms with E-state index in [1.54, 1.807) is 0 Å². The average molecular weight is 390 g/mol. The van der Waals surface area contributed by atoms with Gasteiger partial charge in [-0.1, -0.05) is 12.1 Å². The minimum absolute atomic E-state index is 0.0125. The number of amides is 1. The van der Waals surface area contributed by atoms with Crippen LogP contribution in [0.3, 0.4) is 0 Å². The van der Waals surface area contributed by atoms with Gasteiger partial charge in [0.25, 0.3) is 0 Å². The predicted octanol–water partition coefficient (Wildman–Crippen LogP) is 1.31. The van der Waals surface area contributed by atoms with E-state index in [1.165, 1.54) is 0 Å². The van der Waals surface area contributed by atoms with Crippen molar-refractivity contribution in [3.8, 4) is 0 Å². The summed E-state index contributed by atoms with van der Waals surface area (Å²) in [5.41, 5.74) is 0.831. The Bertz CT molecular complexity index is 469. The van der Waals surface area contributed by atoms with E-state index in [4.69, 9.17) is 9.84 Å². The van der Waals surface area contributed by atoms with Gasteiger partial charge >= 0.3 is 0 Å². The van der Waals surface area contributed by atoms with E-state index in [9.17, 15) is 4.79 Å². The van der Waals surface area contributed by atoms with Gasteiger partial charge in [0.2, 0.25) is 5.91 Å². The third-order valence-electron chi connectivity index (χ3n) is 3.33. The zero-order chi connectivity index (χ0) is 14.5. The molecule has 0 aromatic heterocycles. The smallest absolute Gasteiger partial charge is 0.238 e. The number of benzene rings is 1. The molecule has 0 spiro atoms. The summed E-state index contributed by atoms with van der Waals surface area (Å²) in [6.45, 7) is 3.44. The number of nitrogens with zero attached hydrogens (tertiary/aromatic N) is 1. The SMILES string of the molecule is CC1COC(CO)CN1CC(=O)Nc1ccccc1I. The van der Waals surface area contributed by atoms with Gasteiger partial charge in [-0.3, -0.25) is 9.69 Å². The summed E-state index contributed by atoms with van der Waals surface area (Å²) < 4.78 is 6.48. The molecule has 1 aliphatic heterocycles. The van der Waals surface area contributed by atoms with Gasteiger partial charge in [0.05, 0.1) is 31.5 Å². The Kier molecular flexibility index (Phi) is 5.76. The second kappa shape index (κ2) is 7.35. The van der Waals surface area contributed by atoms with Gasteiger partial charge in [0, 0.05) is 16.2 Å². The van der Waals surface area contributed by atoms with Crippen molar-refractivity contribution in [1.82, 2.24) is 4.90 Å². The molecule has 2 atom stereocenters. The summed E-state index contributed by atoms with van der Waals surface area (Å²) in [6.07, 6.45) is -0.198. The number of halogens is 1. The van der Waals surface area contributed by atoms with Gasteiger partial charge in [0.15, 0.2) is 0 Å². The van der Waals surface area contributed by atoms with Crippen LogP contribution in [0.25, 0.3) is 0 Å². The maximum Gasteiger partial charge on any atom is 0.238 e. The first-order valence-corrected chi connectivity index (χ1v) is 7.69. The van der Waals surface area contributed by atoms with Crippen LogP contribution in [0, 0.1) is 3.57 Å². The Labute approximate surface area is 132 Å². The molecule has 2 rings (SSSR count). The Morgan fingerprint density at radius 2 is 2.30 bits per heavy atom. The highest BCUT2D eigenvalue weighted by atomic mass is 127. The maximum absolute atomic E-state index is 12.1. The number of aliphatic hydroxyl groups is 1. The molecule has 0 saturated carbocycles. The van der Waals surface area contributed by atoms with E-state index in [0.717, 1.165) is 9.26 Å². The van der Waals surface area contributed by atoms with Crippen molar-refractivity contribution in [3.05, 3.63) is 27.8 Å². The Morgan fingerprint density at radius 3 is 3.00 bits per heavy atom. The summed E-state index contributed by atoms with van der Waals surface area (Å²) in [5, 5.41) is 12.1. The first-order valence-electron chi connectivity index (χ1n) is 6.61. The van der Waals surface area contributed by atoms with Crippen LogP contribution in [0.2, 0.25) is 0 Å². The fraction of sp³-hybridized carbons (Fsp3) is 0.500. The molecule has 1 fully saturated rings. The lowest BCUT2D eigenvalue weighted by Gasteiger charge is -2.36. The molecule has 20 heavy (non-hydrogen) atoms. The van der Waals surface area contributed by atoms with Crippen LogP contribution in [0.15, 0.2) is 24.3 Å². The van der Waals surface area contributed by atoms with Crippen molar-refractivity contribution in [3.63, 3.8) is 0 Å². The number of carbonyl (C=O) groups excluding carboxylic acids is 1. The fourth-order valence-electron chi connectivity index (χ4n) is 2.14. The number of hydrogen-bond acceptors (Lipinski definition) is 4. The van der Waals surface area contributed by atoms with Crippen molar-refractivity contribution in [2.75, 3.05) is 31.6 Å². The van der Waals surface area contributed by atoms with Crippen LogP contribution < -0.4 is 5.32 Å². The molecule has 1 heterocycles. The lowest BCUT2D eigenvalue weighted by atomic mass is 10.2. The molecule has 1 aromatic rings. The van der Waals surface area contributed by atoms with E-state index in [2.05, 4.69) is 27.9 Å². The van der Waals surface area contributed by atoms with Gasteiger partial charge in [-0.15, -0.1) is 0 Å². The first-order chi connectivity index (χ1) is 9.60. The molecule has 1 amide bonds. The quantitative estimate of drug-likeness (QED) is 0.762. The third kappa shape index (κ3) is 4.15. The standard InChI is InChI=1S/C14H19IN2O3/c1-10-9-20-11(8-18)6-17(10)7-14(19)16-13-5-3-2-4-12(13)15/h2-5,10-11,18H,6-9H2,1H3,(H,16,19). The molecule has 1 aromatic carbocycles. The monoisotopic (exact) mass is 390 g/mol. The lowest BCUT2D eigenvalue weighted by molar-refractivity contribution is -0.122. The molecule has 0 bridgehead atoms. The Morgan fingerprint density at radius 1 is 1.55 bits per heavy atom. The highest BCUT2D eigenvalue weighted by molar-refractivity contribution is 14.1. The molecular weight excluding hydrogens is 371 g/mol. The number of anilines is 1. The third-order valence-corrected chi connectivity index (χ3v) is 4.27. The number of carbonyl (C=O) groups is 1. The second-order valence-electron chi connectivity index (χ2n) is 4.94. The summed E-state index contributed by atoms with van der Waals surface area (Å²) in [6, 6.07) is 7.86. The van der Waals surface area contributed by atoms with Crippen LogP contribution in [0.1, 0.15) is 6.92 Å². The van der Waals surface area contributed by atoms with Crippen molar-refractivity contribution in [2.24, 2.45) is 0 Å². The minimum atomic E-state index is -0.198. The number of para-hydroxylation sites is 1. The second-order valence-corrected chi connectivity index (χ2v) is 6.11. The van der Waals surface area contributed by atoms with Gasteiger partial charge in [-0.05, 0) is 41.6 Å². The number of rotatable bonds is 4. The summed E-state index contributed by atoms with van der Waals surface area (Å²) >= 11 is 2.20. The highest BCUT2D eigenvalue weighted by Gasteiger charge is 2.27. The van der Waals surface area contributed by atoms with Crippen molar-refractivity contribution in [2.45, 2.75) is 19.1 Å². The van der Waals surface area contributed by atoms with Gasteiger partial charge in [-0.25, -0.2) is 0 Å². The van der Waals surface area contributed by atoms with Crippen LogP contribution in [0.4, 0.5) is 5.69 Å². The molecular formula is C14H19IN2O3. The van der Waals surface area contributed by atoms with E-state index in [0.29, 0.717) is 19.7 Å². The number of morpholine rings is 1. The molecule has 110 valence electrons. The van der Waals surface area contributed by atoms with Crippen LogP contribution in [0.5, 0.6) is 0 Å². The first kappa shape index (κ1) is 15.7. The number of hydrogen-bond donors (Lipinski definition) is 2. The summed E-state index contributed by atoms with van der Waals surface area (Å²) in [5.74, 6) is -0.0421. The van der Waals surface area contributed by atoms with Gasteiger partial charge in [-0.2, -0.15) is 0 Å². The zero-order valence-electron chi connectivity index (χ0n) is 11.4. The van der Waals surface area contributed by atoms with Crippen LogP contribution in [-0.4, -0.2) is 54.4 Å². The van der Waals surface area contributed by atoms with Gasteiger partial charge < -0.3 is 15.2 Å². The number of nitrogens with one attached hydrogen (secondary N) is 1. The molecule has 2 N–H and O–H groups in total. The predicted molar refractivity (Wildman–Crippen MR) is 85.6 cm³/mol. The van der Waals surface area contributed by atoms with Crippen LogP contribution >= 0.6 is 22.6 Å². The Balaban J connectivity index is 1.92. The molecule has 0 radical (unpaired) electrons. The van der Waals surface area contributed by atoms with Crippen LogP contribution in [-0.2, 0) is 9.53 Å². The topological polar surface area (TPSA) is 61.8 Å². The van der Waals surface area contributed by atoms with Crippen molar-refractivity contribution >= 4 is 34.2 Å². The number of aliphatic hydroxyl groups excluding tert-OH is 1. The summed E-state index contributed by atoms with van der Waals surface area (Å²) in [7, 11) is 0. The average Bonchev–Trinajstić information content (AvgIpc) is 2.44. The molecule has 1 aliphatic rings. The molecule has 2 unspecified atom stereocenters. The fourth-order valence-corrected chi connectivity index (χ4v) is 2.66. The number of ether oxygens (including phenoxy) is 1. The van der Waals surface area contributed by atoms with Crippen molar-refractivity contribution in [1.29, 1.82) is 0 Å². The summed E-state index contributed by atoms with van der Waals surface area (Å²) in [4.78, 5) is 14.2. The molecule has 5 nitrogen and oxygen atoms in total. The van der Waals surface area contributed by atoms with Gasteiger partial charge in [0.1, 0.15) is 0 Å². The van der Waals surface area contributed by atoms with E-state index >= 15 is 0 Å². The molecule has 0 aliphatic carbocycles. The minimum Gasteiger partial charge on any atom is -0.394 e. The Hall–Kier alpha value is -0.700. The molecule has 6 heteroatoms. The largest absolute Gasteiger partial charge is 0.394 e. The van der Waals surface area contributed by atoms with E-state index in [-0.39, 0.29) is 24.7 Å². The normalized spacial score (nSPS) is 23.6. The van der Waals surface area contributed by atoms with E-state index in [1.807, 2.05) is 36.1 Å². The highest BCUT2D eigenvalue weighted by Crippen LogP contribution is 2.17.